The van der Waals surface area contributed by atoms with Crippen molar-refractivity contribution >= 4 is 23.4 Å². The maximum Gasteiger partial charge on any atom is 0.309 e. The van der Waals surface area contributed by atoms with E-state index >= 15 is 0 Å². The van der Waals surface area contributed by atoms with Gasteiger partial charge in [0.15, 0.2) is 0 Å². The summed E-state index contributed by atoms with van der Waals surface area (Å²) in [4.78, 5) is 23.8. The first-order valence-corrected chi connectivity index (χ1v) is 7.24. The molecule has 1 N–H and O–H groups in total. The zero-order chi connectivity index (χ0) is 17.1. The van der Waals surface area contributed by atoms with Gasteiger partial charge in [-0.1, -0.05) is 24.3 Å². The molecule has 0 aliphatic carbocycles. The summed E-state index contributed by atoms with van der Waals surface area (Å²) in [6.07, 6.45) is 1.35. The molecule has 0 aliphatic heterocycles. The Bertz CT molecular complexity index is 773. The maximum atomic E-state index is 12.8. The molecule has 122 valence electrons. The molecular weight excluding hydrogens is 320 g/mol. The molecule has 0 aliphatic rings. The molecule has 0 saturated heterocycles. The van der Waals surface area contributed by atoms with Crippen molar-refractivity contribution in [3.05, 3.63) is 53.1 Å². The number of carbonyl (C=O) groups excluding carboxylic acids is 1. The van der Waals surface area contributed by atoms with Crippen LogP contribution in [0.4, 0.5) is 0 Å². The number of aliphatic carboxylic acids is 1. The summed E-state index contributed by atoms with van der Waals surface area (Å²) in [6, 6.07) is 4.81. The number of aromatic nitrogens is 2. The number of carbonyl (C=O) groups is 2. The largest absolute Gasteiger partial charge is 0.487 e. The molecule has 0 aromatic carbocycles. The van der Waals surface area contributed by atoms with Crippen LogP contribution in [0.5, 0.6) is 5.75 Å². The van der Waals surface area contributed by atoms with E-state index in [1.807, 2.05) is 0 Å². The minimum atomic E-state index is -0.984. The molecule has 0 spiro atoms. The molecule has 0 unspecified atom stereocenters. The van der Waals surface area contributed by atoms with E-state index in [4.69, 9.17) is 21.4 Å². The lowest BCUT2D eigenvalue weighted by Crippen LogP contribution is -2.15. The van der Waals surface area contributed by atoms with Crippen LogP contribution in [0.1, 0.15) is 21.9 Å². The summed E-state index contributed by atoms with van der Waals surface area (Å²) in [7, 11) is 3.32. The van der Waals surface area contributed by atoms with Crippen LogP contribution in [-0.4, -0.2) is 32.6 Å². The SMILES string of the molecule is C=CCOc1cc(CC(=O)O)n(C)c1C(=O)c1ccc(Cl)n1C. The second-order valence-corrected chi connectivity index (χ2v) is 5.39. The van der Waals surface area contributed by atoms with Gasteiger partial charge in [-0.2, -0.15) is 0 Å². The van der Waals surface area contributed by atoms with Gasteiger partial charge in [0.2, 0.25) is 5.78 Å². The number of carboxylic acid groups (broad SMARTS) is 1. The maximum absolute atomic E-state index is 12.8. The number of hydrogen-bond donors (Lipinski definition) is 1. The van der Waals surface area contributed by atoms with Crippen molar-refractivity contribution in [2.24, 2.45) is 14.1 Å². The van der Waals surface area contributed by atoms with E-state index < -0.39 is 5.97 Å². The van der Waals surface area contributed by atoms with E-state index in [-0.39, 0.29) is 24.5 Å². The zero-order valence-electron chi connectivity index (χ0n) is 12.9. The summed E-state index contributed by atoms with van der Waals surface area (Å²) in [5.74, 6) is -0.953. The monoisotopic (exact) mass is 336 g/mol. The number of nitrogens with zero attached hydrogens (tertiary/aromatic N) is 2. The molecule has 0 radical (unpaired) electrons. The lowest BCUT2D eigenvalue weighted by molar-refractivity contribution is -0.136. The third kappa shape index (κ3) is 3.32. The van der Waals surface area contributed by atoms with Gasteiger partial charge in [-0.05, 0) is 12.1 Å². The fraction of sp³-hybridized carbons (Fsp3) is 0.250. The molecule has 23 heavy (non-hydrogen) atoms. The minimum absolute atomic E-state index is 0.206. The van der Waals surface area contributed by atoms with Crippen LogP contribution in [0.15, 0.2) is 30.9 Å². The van der Waals surface area contributed by atoms with Crippen molar-refractivity contribution in [1.82, 2.24) is 9.13 Å². The highest BCUT2D eigenvalue weighted by atomic mass is 35.5. The Morgan fingerprint density at radius 1 is 1.35 bits per heavy atom. The van der Waals surface area contributed by atoms with Gasteiger partial charge in [-0.25, -0.2) is 0 Å². The lowest BCUT2D eigenvalue weighted by atomic mass is 10.2. The van der Waals surface area contributed by atoms with Gasteiger partial charge in [0.05, 0.1) is 12.1 Å². The molecular formula is C16H17ClN2O4. The fourth-order valence-corrected chi connectivity index (χ4v) is 2.46. The highest BCUT2D eigenvalue weighted by molar-refractivity contribution is 6.30. The number of carboxylic acids is 1. The molecule has 6 nitrogen and oxygen atoms in total. The van der Waals surface area contributed by atoms with Crippen molar-refractivity contribution in [2.75, 3.05) is 6.61 Å². The van der Waals surface area contributed by atoms with Crippen molar-refractivity contribution in [3.63, 3.8) is 0 Å². The first-order valence-electron chi connectivity index (χ1n) is 6.86. The van der Waals surface area contributed by atoms with Gasteiger partial charge in [0.25, 0.3) is 0 Å². The van der Waals surface area contributed by atoms with E-state index in [0.717, 1.165) is 0 Å². The molecule has 2 aromatic heterocycles. The highest BCUT2D eigenvalue weighted by Crippen LogP contribution is 2.27. The zero-order valence-corrected chi connectivity index (χ0v) is 13.6. The van der Waals surface area contributed by atoms with Crippen LogP contribution in [-0.2, 0) is 25.3 Å². The lowest BCUT2D eigenvalue weighted by Gasteiger charge is -2.09. The third-order valence-corrected chi connectivity index (χ3v) is 3.87. The predicted octanol–water partition coefficient (Wildman–Crippen LogP) is 2.44. The van der Waals surface area contributed by atoms with Crippen LogP contribution in [0.25, 0.3) is 0 Å². The Balaban J connectivity index is 2.51. The smallest absolute Gasteiger partial charge is 0.309 e. The van der Waals surface area contributed by atoms with Crippen molar-refractivity contribution in [1.29, 1.82) is 0 Å². The summed E-state index contributed by atoms with van der Waals surface area (Å²) in [6.45, 7) is 3.78. The molecule has 2 aromatic rings. The third-order valence-electron chi connectivity index (χ3n) is 3.49. The van der Waals surface area contributed by atoms with Crippen molar-refractivity contribution in [3.8, 4) is 5.75 Å². The van der Waals surface area contributed by atoms with E-state index in [2.05, 4.69) is 6.58 Å². The second kappa shape index (κ2) is 6.75. The second-order valence-electron chi connectivity index (χ2n) is 5.01. The average Bonchev–Trinajstić information content (AvgIpc) is 2.97. The Morgan fingerprint density at radius 3 is 2.57 bits per heavy atom. The average molecular weight is 337 g/mol. The fourth-order valence-electron chi connectivity index (χ4n) is 2.31. The number of rotatable bonds is 7. The standard InChI is InChI=1S/C16H17ClN2O4/c1-4-7-23-12-8-10(9-14(20)21)18(2)15(12)16(22)11-5-6-13(17)19(11)3/h4-6,8H,1,7,9H2,2-3H3,(H,20,21). The predicted molar refractivity (Wildman–Crippen MR) is 86.3 cm³/mol. The van der Waals surface area contributed by atoms with Gasteiger partial charge < -0.3 is 19.0 Å². The molecule has 7 heteroatoms. The summed E-state index contributed by atoms with van der Waals surface area (Å²) in [5, 5.41) is 9.43. The topological polar surface area (TPSA) is 73.5 Å². The molecule has 0 fully saturated rings. The molecule has 0 saturated carbocycles. The van der Waals surface area contributed by atoms with Crippen molar-refractivity contribution < 1.29 is 19.4 Å². The normalized spacial score (nSPS) is 10.6. The van der Waals surface area contributed by atoms with Crippen LogP contribution in [0, 0.1) is 0 Å². The number of hydrogen-bond acceptors (Lipinski definition) is 3. The number of halogens is 1. The van der Waals surface area contributed by atoms with Gasteiger partial charge >= 0.3 is 5.97 Å². The Hall–Kier alpha value is -2.47. The van der Waals surface area contributed by atoms with E-state index in [0.29, 0.717) is 22.3 Å². The molecule has 0 amide bonds. The Morgan fingerprint density at radius 2 is 2.04 bits per heavy atom. The molecule has 0 atom stereocenters. The van der Waals surface area contributed by atoms with Crippen LogP contribution < -0.4 is 4.74 Å². The van der Waals surface area contributed by atoms with Gasteiger partial charge in [0.1, 0.15) is 23.2 Å². The van der Waals surface area contributed by atoms with Gasteiger partial charge in [0, 0.05) is 25.9 Å². The summed E-state index contributed by atoms with van der Waals surface area (Å²) < 4.78 is 8.62. The first kappa shape index (κ1) is 16.9. The molecule has 0 bridgehead atoms. The number of ketones is 1. The quantitative estimate of drug-likeness (QED) is 0.622. The van der Waals surface area contributed by atoms with Gasteiger partial charge in [-0.3, -0.25) is 9.59 Å². The minimum Gasteiger partial charge on any atom is -0.487 e. The summed E-state index contributed by atoms with van der Waals surface area (Å²) >= 11 is 5.98. The van der Waals surface area contributed by atoms with E-state index in [9.17, 15) is 9.59 Å². The van der Waals surface area contributed by atoms with Crippen molar-refractivity contribution in [2.45, 2.75) is 6.42 Å². The molecule has 2 heterocycles. The van der Waals surface area contributed by atoms with Crippen LogP contribution >= 0.6 is 11.6 Å². The summed E-state index contributed by atoms with van der Waals surface area (Å²) in [5.41, 5.74) is 1.14. The van der Waals surface area contributed by atoms with E-state index in [1.165, 1.54) is 4.57 Å². The highest BCUT2D eigenvalue weighted by Gasteiger charge is 2.24. The Kier molecular flexibility index (Phi) is 4.95. The first-order chi connectivity index (χ1) is 10.9. The van der Waals surface area contributed by atoms with Crippen LogP contribution in [0.3, 0.4) is 0 Å². The van der Waals surface area contributed by atoms with Crippen LogP contribution in [0.2, 0.25) is 5.15 Å². The van der Waals surface area contributed by atoms with E-state index in [1.54, 1.807) is 42.9 Å². The molecule has 2 rings (SSSR count). The Labute approximate surface area is 138 Å². The van der Waals surface area contributed by atoms with Gasteiger partial charge in [-0.15, -0.1) is 0 Å². The number of ether oxygens (including phenoxy) is 1.